The predicted octanol–water partition coefficient (Wildman–Crippen LogP) is 3.04. The van der Waals surface area contributed by atoms with Crippen molar-refractivity contribution in [2.45, 2.75) is 13.8 Å². The van der Waals surface area contributed by atoms with Gasteiger partial charge in [-0.15, -0.1) is 0 Å². The molecule has 4 nitrogen and oxygen atoms in total. The van der Waals surface area contributed by atoms with E-state index >= 15 is 0 Å². The number of carbonyl (C=O) groups excluding carboxylic acids is 1. The van der Waals surface area contributed by atoms with Gasteiger partial charge in [-0.1, -0.05) is 0 Å². The second kappa shape index (κ2) is 6.00. The second-order valence-corrected chi connectivity index (χ2v) is 4.10. The number of carbonyl (C=O) groups is 1. The molecule has 0 aliphatic carbocycles. The van der Waals surface area contributed by atoms with Gasteiger partial charge in [0.2, 0.25) is 0 Å². The van der Waals surface area contributed by atoms with E-state index in [4.69, 9.17) is 4.74 Å². The monoisotopic (exact) mass is 256 g/mol. The lowest BCUT2D eigenvalue weighted by Crippen LogP contribution is -2.12. The minimum Gasteiger partial charge on any atom is -0.494 e. The minimum absolute atomic E-state index is 0.144. The molecule has 0 bridgehead atoms. The van der Waals surface area contributed by atoms with Crippen LogP contribution in [-0.4, -0.2) is 17.5 Å². The van der Waals surface area contributed by atoms with Crippen LogP contribution in [0.3, 0.4) is 0 Å². The number of hydrogen-bond acceptors (Lipinski definition) is 3. The zero-order valence-electron chi connectivity index (χ0n) is 11.0. The topological polar surface area (TPSA) is 51.2 Å². The standard InChI is InChI=1S/C15H16N2O2/c1-3-19-14-6-4-13(5-7-14)17-15(18)12-8-9-16-11(2)10-12/h4-10H,3H2,1-2H3,(H,17,18). The van der Waals surface area contributed by atoms with E-state index in [0.29, 0.717) is 12.2 Å². The number of aryl methyl sites for hydroxylation is 1. The van der Waals surface area contributed by atoms with E-state index in [1.807, 2.05) is 38.1 Å². The molecule has 0 unspecified atom stereocenters. The predicted molar refractivity (Wildman–Crippen MR) is 74.5 cm³/mol. The first kappa shape index (κ1) is 13.1. The Morgan fingerprint density at radius 1 is 1.26 bits per heavy atom. The van der Waals surface area contributed by atoms with E-state index < -0.39 is 0 Å². The van der Waals surface area contributed by atoms with Crippen molar-refractivity contribution in [2.24, 2.45) is 0 Å². The lowest BCUT2D eigenvalue weighted by Gasteiger charge is -2.07. The van der Waals surface area contributed by atoms with Crippen LogP contribution in [0.25, 0.3) is 0 Å². The number of hydrogen-bond donors (Lipinski definition) is 1. The molecule has 0 spiro atoms. The van der Waals surface area contributed by atoms with Crippen molar-refractivity contribution in [1.29, 1.82) is 0 Å². The Hall–Kier alpha value is -2.36. The van der Waals surface area contributed by atoms with Crippen molar-refractivity contribution >= 4 is 11.6 Å². The van der Waals surface area contributed by atoms with Gasteiger partial charge in [-0.05, 0) is 50.2 Å². The first-order valence-corrected chi connectivity index (χ1v) is 6.16. The number of pyridine rings is 1. The lowest BCUT2D eigenvalue weighted by atomic mass is 10.2. The maximum Gasteiger partial charge on any atom is 0.255 e. The summed E-state index contributed by atoms with van der Waals surface area (Å²) in [4.78, 5) is 16.1. The molecule has 0 fully saturated rings. The molecule has 0 atom stereocenters. The summed E-state index contributed by atoms with van der Waals surface area (Å²) in [5.74, 6) is 0.648. The van der Waals surface area contributed by atoms with Gasteiger partial charge >= 0.3 is 0 Å². The number of nitrogens with one attached hydrogen (secondary N) is 1. The Kier molecular flexibility index (Phi) is 4.13. The largest absolute Gasteiger partial charge is 0.494 e. The normalized spacial score (nSPS) is 10.0. The van der Waals surface area contributed by atoms with Crippen molar-refractivity contribution in [2.75, 3.05) is 11.9 Å². The van der Waals surface area contributed by atoms with Crippen LogP contribution in [-0.2, 0) is 0 Å². The van der Waals surface area contributed by atoms with Crippen LogP contribution in [0.4, 0.5) is 5.69 Å². The van der Waals surface area contributed by atoms with Crippen LogP contribution in [0.15, 0.2) is 42.6 Å². The molecule has 4 heteroatoms. The van der Waals surface area contributed by atoms with Gasteiger partial charge in [-0.2, -0.15) is 0 Å². The van der Waals surface area contributed by atoms with Gasteiger partial charge in [-0.25, -0.2) is 0 Å². The molecule has 1 heterocycles. The zero-order chi connectivity index (χ0) is 13.7. The van der Waals surface area contributed by atoms with Crippen molar-refractivity contribution in [3.05, 3.63) is 53.9 Å². The molecule has 2 aromatic rings. The highest BCUT2D eigenvalue weighted by Gasteiger charge is 2.06. The van der Waals surface area contributed by atoms with E-state index in [0.717, 1.165) is 17.1 Å². The summed E-state index contributed by atoms with van der Waals surface area (Å²) in [6.45, 7) is 4.41. The van der Waals surface area contributed by atoms with Gasteiger partial charge in [-0.3, -0.25) is 9.78 Å². The molecule has 1 aromatic carbocycles. The molecule has 0 saturated heterocycles. The molecule has 1 amide bonds. The third-order valence-electron chi connectivity index (χ3n) is 2.58. The van der Waals surface area contributed by atoms with Gasteiger partial charge in [0, 0.05) is 23.1 Å². The van der Waals surface area contributed by atoms with Crippen molar-refractivity contribution in [3.63, 3.8) is 0 Å². The van der Waals surface area contributed by atoms with Gasteiger partial charge in [0.1, 0.15) is 5.75 Å². The molecule has 1 N–H and O–H groups in total. The third kappa shape index (κ3) is 3.55. The van der Waals surface area contributed by atoms with Gasteiger partial charge < -0.3 is 10.1 Å². The van der Waals surface area contributed by atoms with Crippen LogP contribution >= 0.6 is 0 Å². The number of ether oxygens (including phenoxy) is 1. The quantitative estimate of drug-likeness (QED) is 0.914. The molecule has 0 aliphatic rings. The molecule has 0 saturated carbocycles. The van der Waals surface area contributed by atoms with Gasteiger partial charge in [0.05, 0.1) is 6.61 Å². The average molecular weight is 256 g/mol. The Morgan fingerprint density at radius 2 is 2.00 bits per heavy atom. The third-order valence-corrected chi connectivity index (χ3v) is 2.58. The number of rotatable bonds is 4. The van der Waals surface area contributed by atoms with Gasteiger partial charge in [0.15, 0.2) is 0 Å². The SMILES string of the molecule is CCOc1ccc(NC(=O)c2ccnc(C)c2)cc1. The minimum atomic E-state index is -0.144. The molecule has 1 aromatic heterocycles. The highest BCUT2D eigenvalue weighted by atomic mass is 16.5. The molecule has 19 heavy (non-hydrogen) atoms. The molecule has 98 valence electrons. The van der Waals surface area contributed by atoms with Crippen LogP contribution in [0.5, 0.6) is 5.75 Å². The first-order valence-electron chi connectivity index (χ1n) is 6.16. The van der Waals surface area contributed by atoms with Crippen LogP contribution in [0, 0.1) is 6.92 Å². The fraction of sp³-hybridized carbons (Fsp3) is 0.200. The molecule has 2 rings (SSSR count). The zero-order valence-corrected chi connectivity index (χ0v) is 11.0. The molecule has 0 aliphatic heterocycles. The molecular formula is C15H16N2O2. The van der Waals surface area contributed by atoms with Crippen LogP contribution in [0.1, 0.15) is 23.0 Å². The summed E-state index contributed by atoms with van der Waals surface area (Å²) < 4.78 is 5.35. The second-order valence-electron chi connectivity index (χ2n) is 4.10. The van der Waals surface area contributed by atoms with E-state index in [2.05, 4.69) is 10.3 Å². The number of nitrogens with zero attached hydrogens (tertiary/aromatic N) is 1. The van der Waals surface area contributed by atoms with Gasteiger partial charge in [0.25, 0.3) is 5.91 Å². The average Bonchev–Trinajstić information content (AvgIpc) is 2.41. The van der Waals surface area contributed by atoms with E-state index in [1.54, 1.807) is 18.3 Å². The summed E-state index contributed by atoms with van der Waals surface area (Å²) >= 11 is 0. The van der Waals surface area contributed by atoms with Crippen LogP contribution in [0.2, 0.25) is 0 Å². The summed E-state index contributed by atoms with van der Waals surface area (Å²) in [6.07, 6.45) is 1.63. The number of anilines is 1. The number of benzene rings is 1. The summed E-state index contributed by atoms with van der Waals surface area (Å²) in [5.41, 5.74) is 2.16. The number of aromatic nitrogens is 1. The van der Waals surface area contributed by atoms with Crippen LogP contribution < -0.4 is 10.1 Å². The van der Waals surface area contributed by atoms with E-state index in [-0.39, 0.29) is 5.91 Å². The Labute approximate surface area is 112 Å². The smallest absolute Gasteiger partial charge is 0.255 e. The molecular weight excluding hydrogens is 240 g/mol. The first-order chi connectivity index (χ1) is 9.19. The molecule has 0 radical (unpaired) electrons. The Morgan fingerprint density at radius 3 is 2.63 bits per heavy atom. The fourth-order valence-electron chi connectivity index (χ4n) is 1.69. The Bertz CT molecular complexity index is 565. The highest BCUT2D eigenvalue weighted by Crippen LogP contribution is 2.16. The lowest BCUT2D eigenvalue weighted by molar-refractivity contribution is 0.102. The summed E-state index contributed by atoms with van der Waals surface area (Å²) in [7, 11) is 0. The van der Waals surface area contributed by atoms with Crippen molar-refractivity contribution in [1.82, 2.24) is 4.98 Å². The maximum absolute atomic E-state index is 12.0. The summed E-state index contributed by atoms with van der Waals surface area (Å²) in [6, 6.07) is 10.7. The van der Waals surface area contributed by atoms with Crippen molar-refractivity contribution < 1.29 is 9.53 Å². The summed E-state index contributed by atoms with van der Waals surface area (Å²) in [5, 5.41) is 2.83. The fourth-order valence-corrected chi connectivity index (χ4v) is 1.69. The van der Waals surface area contributed by atoms with Crippen molar-refractivity contribution in [3.8, 4) is 5.75 Å². The Balaban J connectivity index is 2.06. The number of amides is 1. The maximum atomic E-state index is 12.0. The highest BCUT2D eigenvalue weighted by molar-refractivity contribution is 6.04. The van der Waals surface area contributed by atoms with E-state index in [1.165, 1.54) is 0 Å². The van der Waals surface area contributed by atoms with E-state index in [9.17, 15) is 4.79 Å².